The molecule has 1 aromatic carbocycles. The average molecular weight is 315 g/mol. The van der Waals surface area contributed by atoms with Crippen molar-refractivity contribution in [3.05, 3.63) is 62.6 Å². The topological polar surface area (TPSA) is 12.9 Å². The van der Waals surface area contributed by atoms with Crippen LogP contribution in [0.1, 0.15) is 16.8 Å². The smallest absolute Gasteiger partial charge is 0.142 e. The molecule has 0 aliphatic rings. The highest BCUT2D eigenvalue weighted by Crippen LogP contribution is 2.19. The second kappa shape index (κ2) is 5.15. The van der Waals surface area contributed by atoms with E-state index in [2.05, 4.69) is 20.9 Å². The lowest BCUT2D eigenvalue weighted by Gasteiger charge is -2.06. The van der Waals surface area contributed by atoms with Crippen molar-refractivity contribution in [3.8, 4) is 0 Å². The summed E-state index contributed by atoms with van der Waals surface area (Å²) < 4.78 is 14.2. The van der Waals surface area contributed by atoms with E-state index in [0.717, 1.165) is 21.3 Å². The Kier molecular flexibility index (Phi) is 3.79. The van der Waals surface area contributed by atoms with Crippen molar-refractivity contribution in [3.63, 3.8) is 0 Å². The van der Waals surface area contributed by atoms with Crippen LogP contribution in [0.2, 0.25) is 5.02 Å². The lowest BCUT2D eigenvalue weighted by Crippen LogP contribution is -1.96. The molecule has 0 radical (unpaired) electrons. The van der Waals surface area contributed by atoms with Crippen molar-refractivity contribution in [1.29, 1.82) is 0 Å². The van der Waals surface area contributed by atoms with Crippen LogP contribution in [0.5, 0.6) is 0 Å². The Bertz CT molecular complexity index is 557. The Hall–Kier alpha value is -0.930. The van der Waals surface area contributed by atoms with E-state index in [1.54, 1.807) is 12.3 Å². The van der Waals surface area contributed by atoms with Gasteiger partial charge in [0.1, 0.15) is 5.82 Å². The highest BCUT2D eigenvalue weighted by Gasteiger charge is 2.05. The third-order valence-corrected chi connectivity index (χ3v) is 3.25. The van der Waals surface area contributed by atoms with Gasteiger partial charge in [-0.2, -0.15) is 0 Å². The highest BCUT2D eigenvalue weighted by molar-refractivity contribution is 9.10. The van der Waals surface area contributed by atoms with Gasteiger partial charge in [-0.25, -0.2) is 4.39 Å². The van der Waals surface area contributed by atoms with E-state index < -0.39 is 0 Å². The zero-order valence-corrected chi connectivity index (χ0v) is 11.5. The molecule has 0 atom stereocenters. The number of rotatable bonds is 2. The number of hydrogen-bond donors (Lipinski definition) is 0. The van der Waals surface area contributed by atoms with E-state index in [1.165, 1.54) is 6.07 Å². The molecule has 4 heteroatoms. The maximum absolute atomic E-state index is 13.3. The van der Waals surface area contributed by atoms with Gasteiger partial charge >= 0.3 is 0 Å². The van der Waals surface area contributed by atoms with E-state index in [0.29, 0.717) is 6.42 Å². The molecule has 0 aliphatic carbocycles. The normalized spacial score (nSPS) is 10.6. The van der Waals surface area contributed by atoms with Crippen LogP contribution in [-0.2, 0) is 6.42 Å². The average Bonchev–Trinajstić information content (AvgIpc) is 2.27. The zero-order valence-electron chi connectivity index (χ0n) is 9.17. The molecule has 0 N–H and O–H groups in total. The first-order chi connectivity index (χ1) is 8.06. The quantitative estimate of drug-likeness (QED) is 0.793. The molecule has 0 bridgehead atoms. The molecule has 17 heavy (non-hydrogen) atoms. The van der Waals surface area contributed by atoms with Crippen molar-refractivity contribution in [1.82, 2.24) is 4.98 Å². The summed E-state index contributed by atoms with van der Waals surface area (Å²) in [6, 6.07) is 6.83. The van der Waals surface area contributed by atoms with Crippen LogP contribution < -0.4 is 0 Å². The van der Waals surface area contributed by atoms with Crippen molar-refractivity contribution in [2.45, 2.75) is 13.3 Å². The molecule has 0 saturated heterocycles. The maximum Gasteiger partial charge on any atom is 0.142 e. The molecule has 0 saturated carbocycles. The molecule has 0 aliphatic heterocycles. The first-order valence-corrected chi connectivity index (χ1v) is 6.28. The van der Waals surface area contributed by atoms with Gasteiger partial charge in [0.15, 0.2) is 0 Å². The predicted octanol–water partition coefficient (Wildman–Crippen LogP) is 4.54. The van der Waals surface area contributed by atoms with Gasteiger partial charge < -0.3 is 0 Å². The maximum atomic E-state index is 13.3. The summed E-state index contributed by atoms with van der Waals surface area (Å²) >= 11 is 9.00. The fourth-order valence-electron chi connectivity index (χ4n) is 1.60. The molecule has 2 rings (SSSR count). The van der Waals surface area contributed by atoms with Gasteiger partial charge in [-0.05, 0) is 52.2 Å². The molecule has 2 aromatic rings. The van der Waals surface area contributed by atoms with E-state index in [4.69, 9.17) is 11.6 Å². The van der Waals surface area contributed by atoms with Gasteiger partial charge in [0.05, 0.1) is 5.02 Å². The SMILES string of the molecule is Cc1cc(Br)cnc1Cc1ccc(Cl)c(F)c1. The molecular formula is C13H10BrClFN. The fourth-order valence-corrected chi connectivity index (χ4v) is 2.16. The first kappa shape index (κ1) is 12.5. The van der Waals surface area contributed by atoms with Crippen LogP contribution in [0.4, 0.5) is 4.39 Å². The summed E-state index contributed by atoms with van der Waals surface area (Å²) in [6.45, 7) is 1.99. The molecule has 0 unspecified atom stereocenters. The third-order valence-electron chi connectivity index (χ3n) is 2.51. The van der Waals surface area contributed by atoms with Crippen molar-refractivity contribution in [2.75, 3.05) is 0 Å². The summed E-state index contributed by atoms with van der Waals surface area (Å²) in [7, 11) is 0. The van der Waals surface area contributed by atoms with Crippen LogP contribution in [-0.4, -0.2) is 4.98 Å². The van der Waals surface area contributed by atoms with Gasteiger partial charge in [-0.1, -0.05) is 17.7 Å². The minimum absolute atomic E-state index is 0.147. The Morgan fingerprint density at radius 3 is 2.76 bits per heavy atom. The molecular weight excluding hydrogens is 305 g/mol. The zero-order chi connectivity index (χ0) is 12.4. The van der Waals surface area contributed by atoms with Crippen LogP contribution in [0, 0.1) is 12.7 Å². The molecule has 0 spiro atoms. The number of halogens is 3. The third kappa shape index (κ3) is 3.05. The number of hydrogen-bond acceptors (Lipinski definition) is 1. The Morgan fingerprint density at radius 1 is 1.35 bits per heavy atom. The van der Waals surface area contributed by atoms with Gasteiger partial charge in [-0.15, -0.1) is 0 Å². The van der Waals surface area contributed by atoms with Gasteiger partial charge in [0, 0.05) is 22.8 Å². The number of nitrogens with zero attached hydrogens (tertiary/aromatic N) is 1. The summed E-state index contributed by atoms with van der Waals surface area (Å²) in [4.78, 5) is 4.32. The Labute approximate surface area is 113 Å². The number of aryl methyl sites for hydroxylation is 1. The largest absolute Gasteiger partial charge is 0.260 e. The summed E-state index contributed by atoms with van der Waals surface area (Å²) in [5.74, 6) is -0.390. The molecule has 0 fully saturated rings. The minimum Gasteiger partial charge on any atom is -0.260 e. The molecule has 88 valence electrons. The van der Waals surface area contributed by atoms with Crippen LogP contribution in [0.25, 0.3) is 0 Å². The summed E-state index contributed by atoms with van der Waals surface area (Å²) in [5, 5.41) is 0.147. The minimum atomic E-state index is -0.390. The molecule has 1 heterocycles. The number of benzene rings is 1. The van der Waals surface area contributed by atoms with Gasteiger partial charge in [0.2, 0.25) is 0 Å². The van der Waals surface area contributed by atoms with Crippen molar-refractivity contribution < 1.29 is 4.39 Å². The van der Waals surface area contributed by atoms with E-state index >= 15 is 0 Å². The Morgan fingerprint density at radius 2 is 2.12 bits per heavy atom. The van der Waals surface area contributed by atoms with Crippen LogP contribution in [0.3, 0.4) is 0 Å². The molecule has 1 aromatic heterocycles. The second-order valence-corrected chi connectivity index (χ2v) is 5.17. The fraction of sp³-hybridized carbons (Fsp3) is 0.154. The lowest BCUT2D eigenvalue weighted by molar-refractivity contribution is 0.626. The number of aromatic nitrogens is 1. The standard InChI is InChI=1S/C13H10BrClFN/c1-8-4-10(14)7-17-13(8)6-9-2-3-11(15)12(16)5-9/h2-5,7H,6H2,1H3. The monoisotopic (exact) mass is 313 g/mol. The first-order valence-electron chi connectivity index (χ1n) is 5.11. The highest BCUT2D eigenvalue weighted by atomic mass is 79.9. The van der Waals surface area contributed by atoms with Gasteiger partial charge in [0.25, 0.3) is 0 Å². The van der Waals surface area contributed by atoms with E-state index in [-0.39, 0.29) is 10.8 Å². The predicted molar refractivity (Wildman–Crippen MR) is 70.9 cm³/mol. The van der Waals surface area contributed by atoms with Crippen LogP contribution in [0.15, 0.2) is 34.9 Å². The second-order valence-electron chi connectivity index (χ2n) is 3.84. The number of pyridine rings is 1. The van der Waals surface area contributed by atoms with Crippen LogP contribution >= 0.6 is 27.5 Å². The van der Waals surface area contributed by atoms with E-state index in [9.17, 15) is 4.39 Å². The van der Waals surface area contributed by atoms with Gasteiger partial charge in [-0.3, -0.25) is 4.98 Å². The van der Waals surface area contributed by atoms with Crippen molar-refractivity contribution in [2.24, 2.45) is 0 Å². The summed E-state index contributed by atoms with van der Waals surface area (Å²) in [5.41, 5.74) is 2.88. The van der Waals surface area contributed by atoms with E-state index in [1.807, 2.05) is 19.1 Å². The molecule has 0 amide bonds. The van der Waals surface area contributed by atoms with Crippen molar-refractivity contribution >= 4 is 27.5 Å². The lowest BCUT2D eigenvalue weighted by atomic mass is 10.1. The summed E-state index contributed by atoms with van der Waals surface area (Å²) in [6.07, 6.45) is 2.35. The molecule has 1 nitrogen and oxygen atoms in total. The Balaban J connectivity index is 2.28.